The number of rotatable bonds is 1. The van der Waals surface area contributed by atoms with Crippen LogP contribution in [0.4, 0.5) is 4.39 Å². The molecule has 1 saturated heterocycles. The number of aliphatic imine (C=N–C) groups is 1. The lowest BCUT2D eigenvalue weighted by Crippen LogP contribution is -2.39. The van der Waals surface area contributed by atoms with Gasteiger partial charge in [0.05, 0.1) is 13.2 Å². The Morgan fingerprint density at radius 2 is 2.28 bits per heavy atom. The summed E-state index contributed by atoms with van der Waals surface area (Å²) < 4.78 is 19.6. The second-order valence-corrected chi connectivity index (χ2v) is 5.64. The van der Waals surface area contributed by atoms with Crippen LogP contribution < -0.4 is 5.73 Å². The number of hydrogen-bond donors (Lipinski definition) is 1. The van der Waals surface area contributed by atoms with Crippen LogP contribution in [0.25, 0.3) is 0 Å². The molecule has 0 radical (unpaired) electrons. The van der Waals surface area contributed by atoms with E-state index in [0.29, 0.717) is 23.9 Å². The molecule has 2 N–H and O–H groups in total. The van der Waals surface area contributed by atoms with Crippen molar-refractivity contribution in [3.05, 3.63) is 47.1 Å². The van der Waals surface area contributed by atoms with Crippen molar-refractivity contribution in [3.63, 3.8) is 0 Å². The van der Waals surface area contributed by atoms with E-state index in [-0.39, 0.29) is 11.7 Å². The minimum atomic E-state index is -0.738. The molecule has 2 aliphatic heterocycles. The van der Waals surface area contributed by atoms with Gasteiger partial charge in [0.2, 0.25) is 0 Å². The van der Waals surface area contributed by atoms with E-state index in [1.807, 2.05) is 0 Å². The van der Waals surface area contributed by atoms with Crippen LogP contribution >= 0.6 is 11.8 Å². The Morgan fingerprint density at radius 3 is 3.06 bits per heavy atom. The molecule has 0 amide bonds. The number of amidine groups is 1. The van der Waals surface area contributed by atoms with Crippen LogP contribution in [0, 0.1) is 11.7 Å². The maximum Gasteiger partial charge on any atom is 0.159 e. The minimum Gasteiger partial charge on any atom is -0.378 e. The zero-order valence-electron chi connectivity index (χ0n) is 9.73. The van der Waals surface area contributed by atoms with Gasteiger partial charge in [-0.1, -0.05) is 36.5 Å². The first-order chi connectivity index (χ1) is 8.63. The van der Waals surface area contributed by atoms with E-state index in [2.05, 4.69) is 11.6 Å². The molecular weight excluding hydrogens is 251 g/mol. The number of halogens is 1. The van der Waals surface area contributed by atoms with Gasteiger partial charge in [0.1, 0.15) is 11.4 Å². The lowest BCUT2D eigenvalue weighted by molar-refractivity contribution is 0.177. The first-order valence-electron chi connectivity index (χ1n) is 5.68. The Bertz CT molecular complexity index is 546. The van der Waals surface area contributed by atoms with E-state index in [0.717, 1.165) is 4.91 Å². The highest BCUT2D eigenvalue weighted by molar-refractivity contribution is 8.17. The van der Waals surface area contributed by atoms with Gasteiger partial charge in [0.15, 0.2) is 5.17 Å². The summed E-state index contributed by atoms with van der Waals surface area (Å²) in [6, 6.07) is 6.66. The number of nitrogens with zero attached hydrogens (tertiary/aromatic N) is 1. The topological polar surface area (TPSA) is 47.6 Å². The molecule has 0 spiro atoms. The predicted octanol–water partition coefficient (Wildman–Crippen LogP) is 2.24. The Labute approximate surface area is 109 Å². The van der Waals surface area contributed by atoms with Crippen molar-refractivity contribution < 1.29 is 9.13 Å². The van der Waals surface area contributed by atoms with Gasteiger partial charge in [0, 0.05) is 11.5 Å². The molecule has 1 aromatic rings. The number of thioether (sulfide) groups is 1. The third-order valence-electron chi connectivity index (χ3n) is 3.46. The average Bonchev–Trinajstić information content (AvgIpc) is 2.74. The largest absolute Gasteiger partial charge is 0.378 e. The summed E-state index contributed by atoms with van der Waals surface area (Å²) in [5.74, 6) is -0.295. The number of ether oxygens (including phenoxy) is 1. The summed E-state index contributed by atoms with van der Waals surface area (Å²) in [7, 11) is 0. The molecule has 2 heterocycles. The van der Waals surface area contributed by atoms with Crippen LogP contribution in [-0.2, 0) is 10.3 Å². The van der Waals surface area contributed by atoms with Crippen LogP contribution in [0.3, 0.4) is 0 Å². The monoisotopic (exact) mass is 264 g/mol. The van der Waals surface area contributed by atoms with Gasteiger partial charge in [-0.05, 0) is 11.0 Å². The molecule has 2 aliphatic rings. The molecule has 0 unspecified atom stereocenters. The molecule has 94 valence electrons. The first-order valence-corrected chi connectivity index (χ1v) is 6.50. The molecule has 0 saturated carbocycles. The highest BCUT2D eigenvalue weighted by atomic mass is 32.2. The summed E-state index contributed by atoms with van der Waals surface area (Å²) in [4.78, 5) is 5.38. The smallest absolute Gasteiger partial charge is 0.159 e. The Hall–Kier alpha value is -1.33. The van der Waals surface area contributed by atoms with Crippen molar-refractivity contribution in [2.75, 3.05) is 13.2 Å². The zero-order valence-corrected chi connectivity index (χ0v) is 10.5. The molecule has 2 atom stereocenters. The minimum absolute atomic E-state index is 0.0216. The Kier molecular flexibility index (Phi) is 2.68. The zero-order chi connectivity index (χ0) is 12.8. The van der Waals surface area contributed by atoms with Crippen LogP contribution in [0.5, 0.6) is 0 Å². The molecule has 3 rings (SSSR count). The van der Waals surface area contributed by atoms with Crippen molar-refractivity contribution in [2.45, 2.75) is 5.54 Å². The van der Waals surface area contributed by atoms with Gasteiger partial charge in [-0.3, -0.25) is 0 Å². The normalized spacial score (nSPS) is 31.1. The third-order valence-corrected chi connectivity index (χ3v) is 4.30. The van der Waals surface area contributed by atoms with Crippen LogP contribution in [0.1, 0.15) is 5.56 Å². The molecule has 0 aliphatic carbocycles. The summed E-state index contributed by atoms with van der Waals surface area (Å²) in [6.07, 6.45) is 0. The molecular formula is C13H13FN2OS. The molecule has 3 nitrogen and oxygen atoms in total. The summed E-state index contributed by atoms with van der Waals surface area (Å²) in [5, 5.41) is 0.421. The van der Waals surface area contributed by atoms with Crippen LogP contribution in [0.15, 0.2) is 40.7 Å². The van der Waals surface area contributed by atoms with E-state index in [1.165, 1.54) is 17.8 Å². The summed E-state index contributed by atoms with van der Waals surface area (Å²) in [6.45, 7) is 4.86. The quantitative estimate of drug-likeness (QED) is 0.846. The SMILES string of the molecule is C=C1SC(N)=N[C@]2(c3ccccc3F)COC[C@H]12. The summed E-state index contributed by atoms with van der Waals surface area (Å²) in [5.41, 5.74) is 5.63. The molecule has 1 aromatic carbocycles. The fourth-order valence-corrected chi connectivity index (χ4v) is 3.49. The molecule has 0 aromatic heterocycles. The van der Waals surface area contributed by atoms with E-state index < -0.39 is 5.54 Å². The van der Waals surface area contributed by atoms with Gasteiger partial charge < -0.3 is 10.5 Å². The van der Waals surface area contributed by atoms with E-state index >= 15 is 0 Å². The molecule has 5 heteroatoms. The number of benzene rings is 1. The standard InChI is InChI=1S/C13H13FN2OS/c1-8-10-6-17-7-13(10,16-12(15)18-8)9-4-2-3-5-11(9)14/h2-5,10H,1,6-7H2,(H2,15,16)/t10-,13+/m1/s1. The van der Waals surface area contributed by atoms with Crippen LogP contribution in [-0.4, -0.2) is 18.4 Å². The maximum absolute atomic E-state index is 14.1. The van der Waals surface area contributed by atoms with Crippen molar-refractivity contribution in [2.24, 2.45) is 16.6 Å². The molecule has 0 bridgehead atoms. The van der Waals surface area contributed by atoms with Crippen LogP contribution in [0.2, 0.25) is 0 Å². The lowest BCUT2D eigenvalue weighted by atomic mass is 9.80. The first kappa shape index (κ1) is 11.7. The van der Waals surface area contributed by atoms with Gasteiger partial charge >= 0.3 is 0 Å². The fraction of sp³-hybridized carbons (Fsp3) is 0.308. The van der Waals surface area contributed by atoms with Gasteiger partial charge in [0.25, 0.3) is 0 Å². The van der Waals surface area contributed by atoms with E-state index in [4.69, 9.17) is 10.5 Å². The van der Waals surface area contributed by atoms with Gasteiger partial charge in [-0.15, -0.1) is 0 Å². The van der Waals surface area contributed by atoms with E-state index in [1.54, 1.807) is 18.2 Å². The van der Waals surface area contributed by atoms with Crippen molar-refractivity contribution >= 4 is 16.9 Å². The molecule has 18 heavy (non-hydrogen) atoms. The Balaban J connectivity index is 2.20. The average molecular weight is 264 g/mol. The summed E-state index contributed by atoms with van der Waals surface area (Å²) >= 11 is 1.35. The van der Waals surface area contributed by atoms with Gasteiger partial charge in [-0.25, -0.2) is 9.38 Å². The lowest BCUT2D eigenvalue weighted by Gasteiger charge is -2.35. The molecule has 1 fully saturated rings. The maximum atomic E-state index is 14.1. The third kappa shape index (κ3) is 1.58. The number of nitrogens with two attached hydrogens (primary N) is 1. The van der Waals surface area contributed by atoms with E-state index in [9.17, 15) is 4.39 Å². The number of hydrogen-bond acceptors (Lipinski definition) is 4. The fourth-order valence-electron chi connectivity index (χ4n) is 2.60. The van der Waals surface area contributed by atoms with Crippen molar-refractivity contribution in [1.82, 2.24) is 0 Å². The van der Waals surface area contributed by atoms with Crippen molar-refractivity contribution in [3.8, 4) is 0 Å². The van der Waals surface area contributed by atoms with Gasteiger partial charge in [-0.2, -0.15) is 0 Å². The number of fused-ring (bicyclic) bond motifs is 1. The van der Waals surface area contributed by atoms with Crippen molar-refractivity contribution in [1.29, 1.82) is 0 Å². The second-order valence-electron chi connectivity index (χ2n) is 4.49. The highest BCUT2D eigenvalue weighted by Crippen LogP contribution is 2.49. The predicted molar refractivity (Wildman–Crippen MR) is 70.7 cm³/mol. The second kappa shape index (κ2) is 4.10. The highest BCUT2D eigenvalue weighted by Gasteiger charge is 2.50. The Morgan fingerprint density at radius 1 is 1.50 bits per heavy atom.